The SMILES string of the molecule is C[C@H]1CCC/C=C/[C@H]2CCC[C@H]2[C@H](O)/C=C/C(=O)O1. The fourth-order valence-corrected chi connectivity index (χ4v) is 3.09. The van der Waals surface area contributed by atoms with E-state index in [-0.39, 0.29) is 18.0 Å². The van der Waals surface area contributed by atoms with Gasteiger partial charge in [0.1, 0.15) is 0 Å². The van der Waals surface area contributed by atoms with Gasteiger partial charge in [0.25, 0.3) is 0 Å². The highest BCUT2D eigenvalue weighted by atomic mass is 16.5. The Bertz CT molecular complexity index is 359. The van der Waals surface area contributed by atoms with Crippen molar-refractivity contribution in [3.05, 3.63) is 24.3 Å². The van der Waals surface area contributed by atoms with Gasteiger partial charge in [0.15, 0.2) is 0 Å². The van der Waals surface area contributed by atoms with Gasteiger partial charge >= 0.3 is 5.97 Å². The smallest absolute Gasteiger partial charge is 0.330 e. The number of carbonyl (C=O) groups excluding carboxylic acids is 1. The van der Waals surface area contributed by atoms with Crippen LogP contribution in [0.4, 0.5) is 0 Å². The van der Waals surface area contributed by atoms with Gasteiger partial charge in [-0.15, -0.1) is 0 Å². The predicted molar refractivity (Wildman–Crippen MR) is 74.5 cm³/mol. The number of aliphatic hydroxyl groups is 1. The lowest BCUT2D eigenvalue weighted by molar-refractivity contribution is -0.142. The van der Waals surface area contributed by atoms with Gasteiger partial charge in [0.05, 0.1) is 12.2 Å². The van der Waals surface area contributed by atoms with Crippen LogP contribution in [0.3, 0.4) is 0 Å². The zero-order valence-electron chi connectivity index (χ0n) is 11.6. The Kier molecular flexibility index (Phi) is 5.20. The summed E-state index contributed by atoms with van der Waals surface area (Å²) in [6.07, 6.45) is 13.2. The third-order valence-corrected chi connectivity index (χ3v) is 4.18. The molecule has 0 aromatic rings. The highest BCUT2D eigenvalue weighted by Gasteiger charge is 2.30. The maximum atomic E-state index is 11.6. The molecule has 1 fully saturated rings. The first-order valence-corrected chi connectivity index (χ1v) is 7.40. The summed E-state index contributed by atoms with van der Waals surface area (Å²) in [6, 6.07) is 0. The number of esters is 1. The molecule has 0 spiro atoms. The summed E-state index contributed by atoms with van der Waals surface area (Å²) < 4.78 is 5.26. The third-order valence-electron chi connectivity index (χ3n) is 4.18. The minimum absolute atomic E-state index is 0.0528. The number of aliphatic hydroxyl groups excluding tert-OH is 1. The summed E-state index contributed by atoms with van der Waals surface area (Å²) in [5, 5.41) is 10.2. The molecule has 0 radical (unpaired) electrons. The Balaban J connectivity index is 2.08. The van der Waals surface area contributed by atoms with E-state index in [1.807, 2.05) is 6.92 Å². The molecule has 1 N–H and O–H groups in total. The number of ether oxygens (including phenoxy) is 1. The molecule has 19 heavy (non-hydrogen) atoms. The zero-order valence-corrected chi connectivity index (χ0v) is 11.6. The van der Waals surface area contributed by atoms with Crippen LogP contribution in [0.15, 0.2) is 24.3 Å². The number of allylic oxidation sites excluding steroid dienone is 2. The first kappa shape index (κ1) is 14.3. The minimum Gasteiger partial charge on any atom is -0.460 e. The molecule has 0 bridgehead atoms. The van der Waals surface area contributed by atoms with Crippen LogP contribution >= 0.6 is 0 Å². The fraction of sp³-hybridized carbons (Fsp3) is 0.688. The van der Waals surface area contributed by atoms with E-state index in [4.69, 9.17) is 4.74 Å². The van der Waals surface area contributed by atoms with E-state index < -0.39 is 6.10 Å². The van der Waals surface area contributed by atoms with Crippen molar-refractivity contribution >= 4 is 5.97 Å². The Labute approximate surface area is 115 Å². The molecule has 0 amide bonds. The number of rotatable bonds is 0. The quantitative estimate of drug-likeness (QED) is 0.540. The van der Waals surface area contributed by atoms with Crippen molar-refractivity contribution in [1.29, 1.82) is 0 Å². The monoisotopic (exact) mass is 264 g/mol. The molecule has 106 valence electrons. The minimum atomic E-state index is -0.541. The van der Waals surface area contributed by atoms with Crippen molar-refractivity contribution in [2.75, 3.05) is 0 Å². The summed E-state index contributed by atoms with van der Waals surface area (Å²) in [7, 11) is 0. The predicted octanol–water partition coefficient (Wildman–Crippen LogP) is 2.99. The molecular formula is C16H24O3. The largest absolute Gasteiger partial charge is 0.460 e. The number of cyclic esters (lactones) is 1. The molecule has 1 heterocycles. The van der Waals surface area contributed by atoms with Gasteiger partial charge in [-0.2, -0.15) is 0 Å². The topological polar surface area (TPSA) is 46.5 Å². The van der Waals surface area contributed by atoms with Crippen LogP contribution < -0.4 is 0 Å². The Morgan fingerprint density at radius 3 is 2.89 bits per heavy atom. The summed E-state index contributed by atoms with van der Waals surface area (Å²) in [6.45, 7) is 1.92. The van der Waals surface area contributed by atoms with Crippen LogP contribution in [0.2, 0.25) is 0 Å². The highest BCUT2D eigenvalue weighted by molar-refractivity contribution is 5.82. The fourth-order valence-electron chi connectivity index (χ4n) is 3.09. The second-order valence-corrected chi connectivity index (χ2v) is 5.71. The molecule has 1 aliphatic heterocycles. The van der Waals surface area contributed by atoms with Crippen molar-refractivity contribution in [2.45, 2.75) is 57.7 Å². The van der Waals surface area contributed by atoms with Gasteiger partial charge in [-0.1, -0.05) is 18.6 Å². The van der Waals surface area contributed by atoms with Gasteiger partial charge in [-0.05, 0) is 56.9 Å². The molecule has 0 aromatic carbocycles. The van der Waals surface area contributed by atoms with E-state index in [0.717, 1.165) is 38.5 Å². The van der Waals surface area contributed by atoms with Crippen LogP contribution in [-0.4, -0.2) is 23.3 Å². The average molecular weight is 264 g/mol. The summed E-state index contributed by atoms with van der Waals surface area (Å²) in [5.41, 5.74) is 0. The van der Waals surface area contributed by atoms with Crippen molar-refractivity contribution in [1.82, 2.24) is 0 Å². The van der Waals surface area contributed by atoms with Gasteiger partial charge in [-0.25, -0.2) is 4.79 Å². The molecule has 3 heteroatoms. The average Bonchev–Trinajstić information content (AvgIpc) is 2.83. The van der Waals surface area contributed by atoms with Gasteiger partial charge in [-0.3, -0.25) is 0 Å². The van der Waals surface area contributed by atoms with Crippen LogP contribution in [0.5, 0.6) is 0 Å². The normalized spacial score (nSPS) is 40.2. The number of fused-ring (bicyclic) bond motifs is 1. The van der Waals surface area contributed by atoms with E-state index in [1.165, 1.54) is 6.08 Å². The standard InChI is InChI=1S/C16H24O3/c1-12-6-3-2-4-7-13-8-5-9-14(13)15(17)10-11-16(18)19-12/h4,7,10-15,17H,2-3,5-6,8-9H2,1H3/b7-4+,11-10+/t12-,13-,14+,15+/m0/s1. The van der Waals surface area contributed by atoms with Crippen LogP contribution in [0.25, 0.3) is 0 Å². The number of hydrogen-bond acceptors (Lipinski definition) is 3. The molecule has 1 aliphatic carbocycles. The van der Waals surface area contributed by atoms with E-state index in [0.29, 0.717) is 5.92 Å². The van der Waals surface area contributed by atoms with Crippen molar-refractivity contribution in [3.8, 4) is 0 Å². The second-order valence-electron chi connectivity index (χ2n) is 5.71. The number of carbonyl (C=O) groups is 1. The first-order chi connectivity index (χ1) is 9.16. The molecule has 2 aliphatic rings. The maximum Gasteiger partial charge on any atom is 0.330 e. The van der Waals surface area contributed by atoms with Gasteiger partial charge < -0.3 is 9.84 Å². The lowest BCUT2D eigenvalue weighted by atomic mass is 9.90. The Morgan fingerprint density at radius 1 is 1.21 bits per heavy atom. The Morgan fingerprint density at radius 2 is 2.05 bits per heavy atom. The van der Waals surface area contributed by atoms with Crippen LogP contribution in [0, 0.1) is 11.8 Å². The van der Waals surface area contributed by atoms with Crippen molar-refractivity contribution < 1.29 is 14.6 Å². The van der Waals surface area contributed by atoms with E-state index in [9.17, 15) is 9.90 Å². The summed E-state index contributed by atoms with van der Waals surface area (Å²) in [5.74, 6) is 0.362. The lowest BCUT2D eigenvalue weighted by Crippen LogP contribution is -2.21. The summed E-state index contributed by atoms with van der Waals surface area (Å²) >= 11 is 0. The van der Waals surface area contributed by atoms with Gasteiger partial charge in [0.2, 0.25) is 0 Å². The molecule has 0 unspecified atom stereocenters. The lowest BCUT2D eigenvalue weighted by Gasteiger charge is -2.20. The number of hydrogen-bond donors (Lipinski definition) is 1. The van der Waals surface area contributed by atoms with E-state index in [2.05, 4.69) is 12.2 Å². The molecular weight excluding hydrogens is 240 g/mol. The molecule has 3 nitrogen and oxygen atoms in total. The molecule has 4 atom stereocenters. The van der Waals surface area contributed by atoms with E-state index >= 15 is 0 Å². The molecule has 0 aromatic heterocycles. The highest BCUT2D eigenvalue weighted by Crippen LogP contribution is 2.35. The Hall–Kier alpha value is -1.09. The molecule has 1 saturated carbocycles. The van der Waals surface area contributed by atoms with Gasteiger partial charge in [0, 0.05) is 6.08 Å². The van der Waals surface area contributed by atoms with Crippen molar-refractivity contribution in [3.63, 3.8) is 0 Å². The zero-order chi connectivity index (χ0) is 13.7. The maximum absolute atomic E-state index is 11.6. The third kappa shape index (κ3) is 4.20. The van der Waals surface area contributed by atoms with Crippen molar-refractivity contribution in [2.24, 2.45) is 11.8 Å². The summed E-state index contributed by atoms with van der Waals surface area (Å²) in [4.78, 5) is 11.6. The first-order valence-electron chi connectivity index (χ1n) is 7.40. The van der Waals surface area contributed by atoms with Crippen LogP contribution in [0.1, 0.15) is 45.4 Å². The van der Waals surface area contributed by atoms with E-state index in [1.54, 1.807) is 6.08 Å². The van der Waals surface area contributed by atoms with Crippen LogP contribution in [-0.2, 0) is 9.53 Å². The molecule has 2 rings (SSSR count). The molecule has 0 saturated heterocycles. The second kappa shape index (κ2) is 6.90.